The Bertz CT molecular complexity index is 747. The number of nitrogens with one attached hydrogen (secondary N) is 2. The number of carbonyl (C=O) groups excluding carboxylic acids is 2. The third-order valence-electron chi connectivity index (χ3n) is 2.75. The molecule has 0 aliphatic carbocycles. The molecule has 0 saturated carbocycles. The number of rotatable bonds is 3. The number of hydrogen-bond donors (Lipinski definition) is 2. The summed E-state index contributed by atoms with van der Waals surface area (Å²) in [5.74, 6) is -2.61. The SMILES string of the molecule is O=C(Nc1cccc(NC(=O)C(F)(F)F)c1)c1ccccc1Cl. The van der Waals surface area contributed by atoms with Crippen molar-refractivity contribution in [1.82, 2.24) is 0 Å². The number of carbonyl (C=O) groups is 2. The van der Waals surface area contributed by atoms with Crippen molar-refractivity contribution >= 4 is 34.8 Å². The van der Waals surface area contributed by atoms with Crippen molar-refractivity contribution in [2.45, 2.75) is 6.18 Å². The molecule has 2 aromatic rings. The average molecular weight is 343 g/mol. The monoisotopic (exact) mass is 342 g/mol. The molecule has 0 fully saturated rings. The van der Waals surface area contributed by atoms with Crippen molar-refractivity contribution in [3.8, 4) is 0 Å². The van der Waals surface area contributed by atoms with Crippen molar-refractivity contribution in [2.24, 2.45) is 0 Å². The van der Waals surface area contributed by atoms with E-state index >= 15 is 0 Å². The maximum atomic E-state index is 12.2. The Hall–Kier alpha value is -2.54. The highest BCUT2D eigenvalue weighted by atomic mass is 35.5. The standard InChI is InChI=1S/C15H10ClF3N2O2/c16-12-7-2-1-6-11(12)13(22)20-9-4-3-5-10(8-9)21-14(23)15(17,18)19/h1-8H,(H,20,22)(H,21,23). The van der Waals surface area contributed by atoms with E-state index in [-0.39, 0.29) is 22.0 Å². The average Bonchev–Trinajstić information content (AvgIpc) is 2.47. The predicted molar refractivity (Wildman–Crippen MR) is 80.5 cm³/mol. The van der Waals surface area contributed by atoms with Crippen LogP contribution in [0.25, 0.3) is 0 Å². The van der Waals surface area contributed by atoms with Crippen molar-refractivity contribution in [2.75, 3.05) is 10.6 Å². The van der Waals surface area contributed by atoms with Crippen LogP contribution in [0.4, 0.5) is 24.5 Å². The second kappa shape index (κ2) is 6.70. The summed E-state index contributed by atoms with van der Waals surface area (Å²) < 4.78 is 36.6. The van der Waals surface area contributed by atoms with E-state index in [1.165, 1.54) is 36.4 Å². The molecule has 0 heterocycles. The number of anilines is 2. The lowest BCUT2D eigenvalue weighted by Crippen LogP contribution is -2.29. The lowest BCUT2D eigenvalue weighted by atomic mass is 10.2. The largest absolute Gasteiger partial charge is 0.471 e. The Morgan fingerprint density at radius 3 is 2.13 bits per heavy atom. The predicted octanol–water partition coefficient (Wildman–Crippen LogP) is 4.09. The van der Waals surface area contributed by atoms with Crippen LogP contribution in [0.3, 0.4) is 0 Å². The van der Waals surface area contributed by atoms with Crippen LogP contribution in [0.1, 0.15) is 10.4 Å². The highest BCUT2D eigenvalue weighted by Crippen LogP contribution is 2.22. The zero-order valence-corrected chi connectivity index (χ0v) is 12.2. The molecule has 0 atom stereocenters. The minimum Gasteiger partial charge on any atom is -0.322 e. The molecule has 0 aliphatic heterocycles. The Morgan fingerprint density at radius 1 is 0.913 bits per heavy atom. The molecule has 0 unspecified atom stereocenters. The molecule has 2 amide bonds. The fraction of sp³-hybridized carbons (Fsp3) is 0.0667. The first-order valence-electron chi connectivity index (χ1n) is 6.31. The van der Waals surface area contributed by atoms with Gasteiger partial charge < -0.3 is 10.6 Å². The highest BCUT2D eigenvalue weighted by molar-refractivity contribution is 6.34. The Kier molecular flexibility index (Phi) is 4.90. The summed E-state index contributed by atoms with van der Waals surface area (Å²) in [6.07, 6.45) is -4.99. The van der Waals surface area contributed by atoms with Crippen LogP contribution in [0.5, 0.6) is 0 Å². The van der Waals surface area contributed by atoms with Crippen LogP contribution < -0.4 is 10.6 Å². The fourth-order valence-electron chi connectivity index (χ4n) is 1.72. The van der Waals surface area contributed by atoms with Gasteiger partial charge in [0.05, 0.1) is 10.6 Å². The summed E-state index contributed by atoms with van der Waals surface area (Å²) in [4.78, 5) is 23.0. The van der Waals surface area contributed by atoms with Gasteiger partial charge in [-0.1, -0.05) is 29.8 Å². The number of halogens is 4. The first-order chi connectivity index (χ1) is 10.8. The van der Waals surface area contributed by atoms with Gasteiger partial charge in [0.2, 0.25) is 0 Å². The van der Waals surface area contributed by atoms with Gasteiger partial charge in [0.15, 0.2) is 0 Å². The van der Waals surface area contributed by atoms with Gasteiger partial charge in [-0.05, 0) is 30.3 Å². The lowest BCUT2D eigenvalue weighted by molar-refractivity contribution is -0.167. The smallest absolute Gasteiger partial charge is 0.322 e. The zero-order valence-electron chi connectivity index (χ0n) is 11.4. The van der Waals surface area contributed by atoms with Gasteiger partial charge in [-0.3, -0.25) is 9.59 Å². The molecule has 23 heavy (non-hydrogen) atoms. The van der Waals surface area contributed by atoms with Gasteiger partial charge in [-0.25, -0.2) is 0 Å². The first kappa shape index (κ1) is 16.8. The minimum absolute atomic E-state index is 0.0933. The summed E-state index contributed by atoms with van der Waals surface area (Å²) in [6.45, 7) is 0. The molecule has 0 spiro atoms. The van der Waals surface area contributed by atoms with E-state index in [1.807, 2.05) is 0 Å². The fourth-order valence-corrected chi connectivity index (χ4v) is 1.94. The summed E-state index contributed by atoms with van der Waals surface area (Å²) in [6, 6.07) is 11.7. The Balaban J connectivity index is 2.13. The van der Waals surface area contributed by atoms with Crippen LogP contribution in [0.15, 0.2) is 48.5 Å². The Labute approximate surface area is 134 Å². The Morgan fingerprint density at radius 2 is 1.52 bits per heavy atom. The summed E-state index contributed by atoms with van der Waals surface area (Å²) >= 11 is 5.89. The van der Waals surface area contributed by atoms with E-state index in [4.69, 9.17) is 11.6 Å². The van der Waals surface area contributed by atoms with Crippen LogP contribution in [-0.4, -0.2) is 18.0 Å². The molecule has 0 saturated heterocycles. The highest BCUT2D eigenvalue weighted by Gasteiger charge is 2.38. The summed E-state index contributed by atoms with van der Waals surface area (Å²) in [5.41, 5.74) is 0.345. The van der Waals surface area contributed by atoms with Crippen molar-refractivity contribution < 1.29 is 22.8 Å². The molecule has 2 N–H and O–H groups in total. The van der Waals surface area contributed by atoms with E-state index in [0.29, 0.717) is 0 Å². The molecule has 0 aliphatic rings. The molecule has 0 aromatic heterocycles. The molecular formula is C15H10ClF3N2O2. The van der Waals surface area contributed by atoms with Gasteiger partial charge in [0.25, 0.3) is 5.91 Å². The second-order valence-corrected chi connectivity index (χ2v) is 4.87. The third-order valence-corrected chi connectivity index (χ3v) is 3.08. The minimum atomic E-state index is -4.99. The maximum Gasteiger partial charge on any atom is 0.471 e. The molecule has 8 heteroatoms. The van der Waals surface area contributed by atoms with Crippen molar-refractivity contribution in [1.29, 1.82) is 0 Å². The van der Waals surface area contributed by atoms with Gasteiger partial charge in [-0.15, -0.1) is 0 Å². The van der Waals surface area contributed by atoms with E-state index in [9.17, 15) is 22.8 Å². The van der Waals surface area contributed by atoms with Crippen LogP contribution >= 0.6 is 11.6 Å². The van der Waals surface area contributed by atoms with Gasteiger partial charge in [0, 0.05) is 11.4 Å². The quantitative estimate of drug-likeness (QED) is 0.882. The number of alkyl halides is 3. The van der Waals surface area contributed by atoms with E-state index in [1.54, 1.807) is 17.4 Å². The normalized spacial score (nSPS) is 11.0. The van der Waals surface area contributed by atoms with Gasteiger partial charge >= 0.3 is 12.1 Å². The van der Waals surface area contributed by atoms with E-state index in [0.717, 1.165) is 0 Å². The molecular weight excluding hydrogens is 333 g/mol. The number of hydrogen-bond acceptors (Lipinski definition) is 2. The third kappa shape index (κ3) is 4.46. The molecule has 2 rings (SSSR count). The van der Waals surface area contributed by atoms with Gasteiger partial charge in [0.1, 0.15) is 0 Å². The van der Waals surface area contributed by atoms with Crippen molar-refractivity contribution in [3.05, 3.63) is 59.1 Å². The van der Waals surface area contributed by atoms with Crippen molar-refractivity contribution in [3.63, 3.8) is 0 Å². The lowest BCUT2D eigenvalue weighted by Gasteiger charge is -2.10. The summed E-state index contributed by atoms with van der Waals surface area (Å²) in [7, 11) is 0. The zero-order chi connectivity index (χ0) is 17.0. The maximum absolute atomic E-state index is 12.2. The topological polar surface area (TPSA) is 58.2 Å². The van der Waals surface area contributed by atoms with E-state index in [2.05, 4.69) is 5.32 Å². The molecule has 2 aromatic carbocycles. The second-order valence-electron chi connectivity index (χ2n) is 4.47. The number of benzene rings is 2. The van der Waals surface area contributed by atoms with Crippen LogP contribution in [0, 0.1) is 0 Å². The number of amides is 2. The van der Waals surface area contributed by atoms with Crippen LogP contribution in [-0.2, 0) is 4.79 Å². The van der Waals surface area contributed by atoms with Gasteiger partial charge in [-0.2, -0.15) is 13.2 Å². The summed E-state index contributed by atoms with van der Waals surface area (Å²) in [5, 5.41) is 4.44. The first-order valence-corrected chi connectivity index (χ1v) is 6.69. The molecule has 0 radical (unpaired) electrons. The molecule has 4 nitrogen and oxygen atoms in total. The molecule has 120 valence electrons. The molecule has 0 bridgehead atoms. The van der Waals surface area contributed by atoms with Crippen LogP contribution in [0.2, 0.25) is 5.02 Å². The van der Waals surface area contributed by atoms with E-state index < -0.39 is 18.0 Å².